The molecule has 5 N–H and O–H groups in total. The van der Waals surface area contributed by atoms with Crippen LogP contribution in [-0.4, -0.2) is 26.8 Å². The molecule has 1 aliphatic carbocycles. The first-order valence-electron chi connectivity index (χ1n) is 10.6. The van der Waals surface area contributed by atoms with Crippen LogP contribution in [0.2, 0.25) is 0 Å². The third kappa shape index (κ3) is 3.61. The maximum absolute atomic E-state index is 7.74. The fourth-order valence-electron chi connectivity index (χ4n) is 4.42. The molecule has 0 bridgehead atoms. The number of anilines is 1. The molecule has 1 aliphatic rings. The fourth-order valence-corrected chi connectivity index (χ4v) is 4.42. The molecule has 0 spiro atoms. The van der Waals surface area contributed by atoms with Crippen LogP contribution in [0, 0.1) is 5.41 Å². The summed E-state index contributed by atoms with van der Waals surface area (Å²) in [5.41, 5.74) is 9.33. The fraction of sp³-hybridized carbons (Fsp3) is 0.292. The van der Waals surface area contributed by atoms with Crippen LogP contribution in [0.5, 0.6) is 0 Å². The molecular weight excluding hydrogens is 372 g/mol. The van der Waals surface area contributed by atoms with Crippen molar-refractivity contribution >= 4 is 33.6 Å². The van der Waals surface area contributed by atoms with Crippen molar-refractivity contribution in [1.29, 1.82) is 5.41 Å². The van der Waals surface area contributed by atoms with Gasteiger partial charge in [-0.25, -0.2) is 9.97 Å². The summed E-state index contributed by atoms with van der Waals surface area (Å²) in [4.78, 5) is 13.2. The van der Waals surface area contributed by atoms with E-state index in [1.807, 2.05) is 36.4 Å². The van der Waals surface area contributed by atoms with E-state index in [-0.39, 0.29) is 5.84 Å². The molecule has 2 aromatic heterocycles. The van der Waals surface area contributed by atoms with Crippen LogP contribution in [0.25, 0.3) is 21.9 Å². The second-order valence-corrected chi connectivity index (χ2v) is 8.15. The first-order chi connectivity index (χ1) is 14.7. The second kappa shape index (κ2) is 7.78. The van der Waals surface area contributed by atoms with E-state index in [0.717, 1.165) is 33.6 Å². The average Bonchev–Trinajstić information content (AvgIpc) is 3.13. The lowest BCUT2D eigenvalue weighted by Crippen LogP contribution is -2.23. The van der Waals surface area contributed by atoms with Crippen molar-refractivity contribution in [1.82, 2.24) is 15.0 Å². The van der Waals surface area contributed by atoms with E-state index in [2.05, 4.69) is 22.4 Å². The lowest BCUT2D eigenvalue weighted by atomic mass is 9.95. The lowest BCUT2D eigenvalue weighted by Gasteiger charge is -2.24. The largest absolute Gasteiger partial charge is 0.384 e. The molecular formula is C24H26N6. The summed E-state index contributed by atoms with van der Waals surface area (Å²) in [6.07, 6.45) is 6.88. The third-order valence-electron chi connectivity index (χ3n) is 5.96. The number of aromatic amines is 1. The highest BCUT2D eigenvalue weighted by atomic mass is 15.1. The van der Waals surface area contributed by atoms with Crippen molar-refractivity contribution < 1.29 is 0 Å². The topological polar surface area (TPSA) is 103 Å². The van der Waals surface area contributed by atoms with E-state index in [1.54, 1.807) is 0 Å². The van der Waals surface area contributed by atoms with E-state index in [0.29, 0.717) is 18.0 Å². The second-order valence-electron chi connectivity index (χ2n) is 8.15. The molecule has 30 heavy (non-hydrogen) atoms. The summed E-state index contributed by atoms with van der Waals surface area (Å²) in [5.74, 6) is 1.76. The number of aromatic nitrogens is 3. The minimum atomic E-state index is 0.0620. The molecule has 2 heterocycles. The average molecular weight is 399 g/mol. The maximum Gasteiger partial charge on any atom is 0.144 e. The van der Waals surface area contributed by atoms with Crippen LogP contribution >= 0.6 is 0 Å². The Labute approximate surface area is 175 Å². The van der Waals surface area contributed by atoms with Crippen molar-refractivity contribution in [2.24, 2.45) is 5.73 Å². The Kier molecular flexibility index (Phi) is 4.83. The van der Waals surface area contributed by atoms with Gasteiger partial charge in [0.05, 0.1) is 5.39 Å². The van der Waals surface area contributed by atoms with Gasteiger partial charge in [-0.2, -0.15) is 0 Å². The number of nitrogens with two attached hydrogens (primary N) is 1. The summed E-state index contributed by atoms with van der Waals surface area (Å²) >= 11 is 0. The molecule has 0 aliphatic heterocycles. The van der Waals surface area contributed by atoms with Crippen molar-refractivity contribution in [3.8, 4) is 0 Å². The highest BCUT2D eigenvalue weighted by Crippen LogP contribution is 2.32. The van der Waals surface area contributed by atoms with Gasteiger partial charge in [0.25, 0.3) is 0 Å². The van der Waals surface area contributed by atoms with Gasteiger partial charge in [0, 0.05) is 28.9 Å². The van der Waals surface area contributed by atoms with Crippen LogP contribution in [-0.2, 0) is 6.42 Å². The van der Waals surface area contributed by atoms with Crippen LogP contribution < -0.4 is 11.1 Å². The van der Waals surface area contributed by atoms with Gasteiger partial charge in [-0.15, -0.1) is 0 Å². The number of hydrogen-bond donors (Lipinski definition) is 4. The summed E-state index contributed by atoms with van der Waals surface area (Å²) in [7, 11) is 0. The Morgan fingerprint density at radius 3 is 2.63 bits per heavy atom. The van der Waals surface area contributed by atoms with Gasteiger partial charge in [0.15, 0.2) is 0 Å². The summed E-state index contributed by atoms with van der Waals surface area (Å²) < 4.78 is 0. The Morgan fingerprint density at radius 2 is 1.87 bits per heavy atom. The number of rotatable bonds is 5. The zero-order valence-electron chi connectivity index (χ0n) is 16.9. The Bertz CT molecular complexity index is 1200. The molecule has 152 valence electrons. The minimum absolute atomic E-state index is 0.0620. The highest BCUT2D eigenvalue weighted by molar-refractivity contribution is 6.12. The molecule has 2 aromatic carbocycles. The summed E-state index contributed by atoms with van der Waals surface area (Å²) in [6.45, 7) is 0. The van der Waals surface area contributed by atoms with Crippen LogP contribution in [0.3, 0.4) is 0 Å². The Balaban J connectivity index is 1.63. The van der Waals surface area contributed by atoms with Crippen molar-refractivity contribution in [3.05, 3.63) is 65.5 Å². The van der Waals surface area contributed by atoms with E-state index >= 15 is 0 Å². The van der Waals surface area contributed by atoms with Gasteiger partial charge in [-0.3, -0.25) is 5.41 Å². The standard InChI is InChI=1S/C24H26N6/c25-22(26)16-11-12-18-19(14-16)28-24-21(18)23(27-17-9-5-2-6-10-17)29-20(30-24)13-15-7-3-1-4-8-15/h1,3-4,7-8,11-12,14,17H,2,5-6,9-10,13H2,(H3,25,26)(H2,27,28,29,30). The molecule has 0 unspecified atom stereocenters. The lowest BCUT2D eigenvalue weighted by molar-refractivity contribution is 0.462. The minimum Gasteiger partial charge on any atom is -0.384 e. The van der Waals surface area contributed by atoms with E-state index in [9.17, 15) is 0 Å². The van der Waals surface area contributed by atoms with Crippen LogP contribution in [0.4, 0.5) is 5.82 Å². The van der Waals surface area contributed by atoms with E-state index in [1.165, 1.54) is 37.7 Å². The molecule has 0 amide bonds. The predicted octanol–water partition coefficient (Wildman–Crippen LogP) is 4.73. The number of benzene rings is 2. The summed E-state index contributed by atoms with van der Waals surface area (Å²) in [5, 5.41) is 13.5. The number of amidine groups is 1. The molecule has 1 saturated carbocycles. The normalized spacial score (nSPS) is 14.9. The molecule has 6 nitrogen and oxygen atoms in total. The third-order valence-corrected chi connectivity index (χ3v) is 5.96. The van der Waals surface area contributed by atoms with Crippen molar-refractivity contribution in [2.75, 3.05) is 5.32 Å². The number of nitrogen functional groups attached to an aromatic ring is 1. The van der Waals surface area contributed by atoms with E-state index in [4.69, 9.17) is 21.1 Å². The van der Waals surface area contributed by atoms with Gasteiger partial charge in [0.2, 0.25) is 0 Å². The maximum atomic E-state index is 7.74. The van der Waals surface area contributed by atoms with E-state index < -0.39 is 0 Å². The number of H-pyrrole nitrogens is 1. The van der Waals surface area contributed by atoms with Crippen molar-refractivity contribution in [3.63, 3.8) is 0 Å². The number of nitrogens with zero attached hydrogens (tertiary/aromatic N) is 2. The molecule has 5 rings (SSSR count). The predicted molar refractivity (Wildman–Crippen MR) is 122 cm³/mol. The van der Waals surface area contributed by atoms with Gasteiger partial charge >= 0.3 is 0 Å². The van der Waals surface area contributed by atoms with Gasteiger partial charge < -0.3 is 16.0 Å². The SMILES string of the molecule is N=C(N)c1ccc2c(c1)[nH]c1nc(Cc3ccccc3)nc(NC3CCCCC3)c12. The first-order valence-corrected chi connectivity index (χ1v) is 10.6. The molecule has 0 saturated heterocycles. The van der Waals surface area contributed by atoms with Gasteiger partial charge in [0.1, 0.15) is 23.1 Å². The van der Waals surface area contributed by atoms with Gasteiger partial charge in [-0.1, -0.05) is 61.7 Å². The quantitative estimate of drug-likeness (QED) is 0.288. The number of fused-ring (bicyclic) bond motifs is 3. The first kappa shape index (κ1) is 18.6. The Morgan fingerprint density at radius 1 is 1.07 bits per heavy atom. The molecule has 6 heteroatoms. The van der Waals surface area contributed by atoms with Crippen LogP contribution in [0.1, 0.15) is 49.1 Å². The summed E-state index contributed by atoms with van der Waals surface area (Å²) in [6, 6.07) is 16.6. The van der Waals surface area contributed by atoms with Crippen molar-refractivity contribution in [2.45, 2.75) is 44.6 Å². The monoisotopic (exact) mass is 398 g/mol. The molecule has 0 atom stereocenters. The molecule has 0 radical (unpaired) electrons. The zero-order chi connectivity index (χ0) is 20.5. The zero-order valence-corrected chi connectivity index (χ0v) is 16.9. The van der Waals surface area contributed by atoms with Crippen LogP contribution in [0.15, 0.2) is 48.5 Å². The highest BCUT2D eigenvalue weighted by Gasteiger charge is 2.19. The van der Waals surface area contributed by atoms with Gasteiger partial charge in [-0.05, 0) is 24.5 Å². The molecule has 1 fully saturated rings. The Hall–Kier alpha value is -3.41. The number of nitrogens with one attached hydrogen (secondary N) is 3. The smallest absolute Gasteiger partial charge is 0.144 e. The number of hydrogen-bond acceptors (Lipinski definition) is 4. The molecule has 4 aromatic rings.